The van der Waals surface area contributed by atoms with E-state index >= 15 is 0 Å². The number of carboxylic acids is 1. The lowest BCUT2D eigenvalue weighted by Gasteiger charge is -2.05. The Morgan fingerprint density at radius 1 is 1.53 bits per heavy atom. The Kier molecular flexibility index (Phi) is 5.14. The number of thioether (sulfide) groups is 1. The van der Waals surface area contributed by atoms with E-state index in [1.54, 1.807) is 24.2 Å². The van der Waals surface area contributed by atoms with Crippen LogP contribution in [0.1, 0.15) is 5.56 Å². The van der Waals surface area contributed by atoms with Gasteiger partial charge in [0.05, 0.1) is 0 Å². The van der Waals surface area contributed by atoms with E-state index in [0.717, 1.165) is 12.2 Å². The second-order valence-electron chi connectivity index (χ2n) is 3.13. The summed E-state index contributed by atoms with van der Waals surface area (Å²) >= 11 is 1.56. The lowest BCUT2D eigenvalue weighted by Crippen LogP contribution is -2.32. The van der Waals surface area contributed by atoms with Gasteiger partial charge in [0.15, 0.2) is 0 Å². The van der Waals surface area contributed by atoms with Gasteiger partial charge >= 0.3 is 5.97 Å². The maximum atomic E-state index is 10.4. The van der Waals surface area contributed by atoms with Crippen molar-refractivity contribution in [1.29, 1.82) is 0 Å². The van der Waals surface area contributed by atoms with Gasteiger partial charge in [0.1, 0.15) is 6.04 Å². The smallest absolute Gasteiger partial charge is 0.321 e. The van der Waals surface area contributed by atoms with Gasteiger partial charge in [-0.05, 0) is 29.9 Å². The molecule has 0 saturated heterocycles. The largest absolute Gasteiger partial charge is 0.480 e. The number of rotatable bonds is 6. The van der Waals surface area contributed by atoms with E-state index in [2.05, 4.69) is 4.98 Å². The predicted octanol–water partition coefficient (Wildman–Crippen LogP) is 0.769. The summed E-state index contributed by atoms with van der Waals surface area (Å²) in [5, 5.41) is 8.55. The number of pyridine rings is 1. The molecular formula is C10H14N2O2S. The van der Waals surface area contributed by atoms with E-state index < -0.39 is 12.0 Å². The molecule has 0 amide bonds. The molecule has 82 valence electrons. The predicted molar refractivity (Wildman–Crippen MR) is 60.9 cm³/mol. The molecule has 1 rings (SSSR count). The van der Waals surface area contributed by atoms with Gasteiger partial charge in [0.2, 0.25) is 0 Å². The van der Waals surface area contributed by atoms with Crippen molar-refractivity contribution in [2.24, 2.45) is 5.73 Å². The zero-order valence-corrected chi connectivity index (χ0v) is 9.11. The van der Waals surface area contributed by atoms with Crippen molar-refractivity contribution >= 4 is 17.7 Å². The van der Waals surface area contributed by atoms with Crippen molar-refractivity contribution in [3.63, 3.8) is 0 Å². The van der Waals surface area contributed by atoms with E-state index in [1.807, 2.05) is 12.1 Å². The second-order valence-corrected chi connectivity index (χ2v) is 4.27. The van der Waals surface area contributed by atoms with Crippen molar-refractivity contribution < 1.29 is 9.90 Å². The molecule has 1 aromatic heterocycles. The van der Waals surface area contributed by atoms with Crippen LogP contribution in [-0.2, 0) is 11.2 Å². The third kappa shape index (κ3) is 4.80. The summed E-state index contributed by atoms with van der Waals surface area (Å²) in [6.45, 7) is 0. The van der Waals surface area contributed by atoms with Crippen LogP contribution >= 0.6 is 11.8 Å². The van der Waals surface area contributed by atoms with Crippen LogP contribution in [0.5, 0.6) is 0 Å². The molecule has 0 radical (unpaired) electrons. The highest BCUT2D eigenvalue weighted by atomic mass is 32.2. The minimum Gasteiger partial charge on any atom is -0.480 e. The van der Waals surface area contributed by atoms with Crippen LogP contribution in [0.3, 0.4) is 0 Å². The molecule has 1 heterocycles. The first-order valence-electron chi connectivity index (χ1n) is 4.65. The molecule has 0 aliphatic heterocycles. The van der Waals surface area contributed by atoms with Crippen molar-refractivity contribution in [1.82, 2.24) is 4.98 Å². The van der Waals surface area contributed by atoms with Crippen LogP contribution in [-0.4, -0.2) is 33.6 Å². The first kappa shape index (κ1) is 12.0. The number of carbonyl (C=O) groups is 1. The van der Waals surface area contributed by atoms with Crippen LogP contribution < -0.4 is 5.73 Å². The molecule has 0 spiro atoms. The summed E-state index contributed by atoms with van der Waals surface area (Å²) in [5.74, 6) is 0.400. The highest BCUT2D eigenvalue weighted by Crippen LogP contribution is 2.07. The molecule has 0 aliphatic rings. The van der Waals surface area contributed by atoms with Crippen molar-refractivity contribution in [2.45, 2.75) is 12.5 Å². The maximum Gasteiger partial charge on any atom is 0.321 e. The van der Waals surface area contributed by atoms with Gasteiger partial charge in [-0.15, -0.1) is 0 Å². The number of hydrogen-bond acceptors (Lipinski definition) is 4. The Hall–Kier alpha value is -1.07. The minimum atomic E-state index is -0.939. The number of aryl methyl sites for hydroxylation is 1. The SMILES string of the molecule is NC(CSCCc1ccncc1)C(=O)O. The number of carboxylic acid groups (broad SMARTS) is 1. The molecule has 1 atom stereocenters. The average molecular weight is 226 g/mol. The molecule has 0 fully saturated rings. The highest BCUT2D eigenvalue weighted by Gasteiger charge is 2.10. The number of aromatic nitrogens is 1. The van der Waals surface area contributed by atoms with Gasteiger partial charge in [-0.3, -0.25) is 9.78 Å². The Morgan fingerprint density at radius 2 is 2.20 bits per heavy atom. The fourth-order valence-corrected chi connectivity index (χ4v) is 1.96. The Labute approximate surface area is 92.9 Å². The molecule has 5 heteroatoms. The number of aliphatic carboxylic acids is 1. The first-order valence-corrected chi connectivity index (χ1v) is 5.80. The van der Waals surface area contributed by atoms with Crippen LogP contribution in [0.2, 0.25) is 0 Å². The third-order valence-corrected chi connectivity index (χ3v) is 2.99. The molecule has 0 aliphatic carbocycles. The lowest BCUT2D eigenvalue weighted by atomic mass is 10.2. The molecule has 0 bridgehead atoms. The zero-order valence-electron chi connectivity index (χ0n) is 8.30. The second kappa shape index (κ2) is 6.42. The van der Waals surface area contributed by atoms with Gasteiger partial charge in [-0.25, -0.2) is 0 Å². The van der Waals surface area contributed by atoms with Crippen molar-refractivity contribution in [2.75, 3.05) is 11.5 Å². The molecule has 0 aromatic carbocycles. The van der Waals surface area contributed by atoms with E-state index in [4.69, 9.17) is 10.8 Å². The third-order valence-electron chi connectivity index (χ3n) is 1.90. The lowest BCUT2D eigenvalue weighted by molar-refractivity contribution is -0.137. The minimum absolute atomic E-state index is 0.459. The van der Waals surface area contributed by atoms with Crippen LogP contribution in [0, 0.1) is 0 Å². The summed E-state index contributed by atoms with van der Waals surface area (Å²) in [5.41, 5.74) is 6.58. The maximum absolute atomic E-state index is 10.4. The van der Waals surface area contributed by atoms with Gasteiger partial charge < -0.3 is 10.8 Å². The van der Waals surface area contributed by atoms with Crippen LogP contribution in [0.4, 0.5) is 0 Å². The molecule has 0 saturated carbocycles. The summed E-state index contributed by atoms with van der Waals surface area (Å²) < 4.78 is 0. The van der Waals surface area contributed by atoms with E-state index in [-0.39, 0.29) is 0 Å². The fraction of sp³-hybridized carbons (Fsp3) is 0.400. The van der Waals surface area contributed by atoms with Gasteiger partial charge in [0, 0.05) is 18.1 Å². The van der Waals surface area contributed by atoms with Crippen LogP contribution in [0.25, 0.3) is 0 Å². The summed E-state index contributed by atoms with van der Waals surface area (Å²) in [7, 11) is 0. The monoisotopic (exact) mass is 226 g/mol. The van der Waals surface area contributed by atoms with Gasteiger partial charge in [0.25, 0.3) is 0 Å². The quantitative estimate of drug-likeness (QED) is 0.701. The van der Waals surface area contributed by atoms with Gasteiger partial charge in [-0.1, -0.05) is 0 Å². The Balaban J connectivity index is 2.15. The van der Waals surface area contributed by atoms with Crippen molar-refractivity contribution in [3.8, 4) is 0 Å². The molecule has 4 nitrogen and oxygen atoms in total. The van der Waals surface area contributed by atoms with Gasteiger partial charge in [-0.2, -0.15) is 11.8 Å². The topological polar surface area (TPSA) is 76.2 Å². The van der Waals surface area contributed by atoms with Crippen molar-refractivity contribution in [3.05, 3.63) is 30.1 Å². The average Bonchev–Trinajstić information content (AvgIpc) is 2.25. The Morgan fingerprint density at radius 3 is 2.80 bits per heavy atom. The molecule has 1 unspecified atom stereocenters. The van der Waals surface area contributed by atoms with E-state index in [0.29, 0.717) is 5.75 Å². The summed E-state index contributed by atoms with van der Waals surface area (Å²) in [6, 6.07) is 3.16. The zero-order chi connectivity index (χ0) is 11.1. The first-order chi connectivity index (χ1) is 7.20. The van der Waals surface area contributed by atoms with E-state index in [9.17, 15) is 4.79 Å². The molecular weight excluding hydrogens is 212 g/mol. The number of nitrogens with two attached hydrogens (primary N) is 1. The standard InChI is InChI=1S/C10H14N2O2S/c11-9(10(13)14)7-15-6-3-8-1-4-12-5-2-8/h1-2,4-5,9H,3,6-7,11H2,(H,13,14). The molecule has 3 N–H and O–H groups in total. The highest BCUT2D eigenvalue weighted by molar-refractivity contribution is 7.99. The fourth-order valence-electron chi connectivity index (χ4n) is 1.02. The Bertz CT molecular complexity index is 306. The normalized spacial score (nSPS) is 12.3. The molecule has 1 aromatic rings. The van der Waals surface area contributed by atoms with Crippen LogP contribution in [0.15, 0.2) is 24.5 Å². The number of hydrogen-bond donors (Lipinski definition) is 2. The summed E-state index contributed by atoms with van der Waals surface area (Å²) in [6.07, 6.45) is 4.42. The molecule has 15 heavy (non-hydrogen) atoms. The van der Waals surface area contributed by atoms with E-state index in [1.165, 1.54) is 5.56 Å². The number of nitrogens with zero attached hydrogens (tertiary/aromatic N) is 1. The summed E-state index contributed by atoms with van der Waals surface area (Å²) in [4.78, 5) is 14.3.